The number of unbranched alkanes of at least 4 members (excludes halogenated alkanes) is 1. The van der Waals surface area contributed by atoms with Crippen molar-refractivity contribution in [2.45, 2.75) is 52.4 Å². The quantitative estimate of drug-likeness (QED) is 0.700. The lowest BCUT2D eigenvalue weighted by atomic mass is 9.75. The van der Waals surface area contributed by atoms with Gasteiger partial charge in [-0.1, -0.05) is 26.7 Å². The second-order valence-electron chi connectivity index (χ2n) is 5.62. The summed E-state index contributed by atoms with van der Waals surface area (Å²) in [6.07, 6.45) is 5.10. The summed E-state index contributed by atoms with van der Waals surface area (Å²) >= 11 is 1.69. The number of carbonyl (C=O) groups is 2. The molecule has 0 spiro atoms. The van der Waals surface area contributed by atoms with Gasteiger partial charge in [-0.25, -0.2) is 0 Å². The molecule has 20 heavy (non-hydrogen) atoms. The summed E-state index contributed by atoms with van der Waals surface area (Å²) in [6.45, 7) is 5.36. The number of hydrogen-bond donors (Lipinski definition) is 1. The lowest BCUT2D eigenvalue weighted by Gasteiger charge is -2.38. The normalized spacial score (nSPS) is 18.0. The number of amides is 1. The second kappa shape index (κ2) is 8.55. The van der Waals surface area contributed by atoms with Crippen LogP contribution in [0.5, 0.6) is 0 Å². The molecule has 0 aromatic heterocycles. The van der Waals surface area contributed by atoms with Gasteiger partial charge in [0.05, 0.1) is 11.2 Å². The average Bonchev–Trinajstić information content (AvgIpc) is 2.44. The first-order valence-electron chi connectivity index (χ1n) is 7.64. The van der Waals surface area contributed by atoms with Crippen molar-refractivity contribution in [2.75, 3.05) is 24.6 Å². The summed E-state index contributed by atoms with van der Waals surface area (Å²) in [6, 6.07) is 0. The van der Waals surface area contributed by atoms with Crippen LogP contribution in [0.2, 0.25) is 0 Å². The van der Waals surface area contributed by atoms with Gasteiger partial charge in [-0.15, -0.1) is 0 Å². The highest BCUT2D eigenvalue weighted by Crippen LogP contribution is 2.36. The van der Waals surface area contributed by atoms with Crippen LogP contribution < -0.4 is 0 Å². The summed E-state index contributed by atoms with van der Waals surface area (Å²) < 4.78 is 0. The largest absolute Gasteiger partial charge is 0.481 e. The van der Waals surface area contributed by atoms with E-state index in [-0.39, 0.29) is 5.91 Å². The topological polar surface area (TPSA) is 57.6 Å². The Morgan fingerprint density at radius 1 is 1.20 bits per heavy atom. The number of rotatable bonds is 8. The minimum absolute atomic E-state index is 0.168. The van der Waals surface area contributed by atoms with Gasteiger partial charge in [0.25, 0.3) is 0 Å². The molecular weight excluding hydrogens is 274 g/mol. The number of likely N-dealkylation sites (tertiary alicyclic amines) is 1. The predicted octanol–water partition coefficient (Wildman–Crippen LogP) is 3.01. The van der Waals surface area contributed by atoms with Gasteiger partial charge in [0, 0.05) is 13.1 Å². The van der Waals surface area contributed by atoms with Crippen molar-refractivity contribution in [1.29, 1.82) is 0 Å². The van der Waals surface area contributed by atoms with Crippen LogP contribution in [0.15, 0.2) is 0 Å². The van der Waals surface area contributed by atoms with Crippen LogP contribution >= 0.6 is 11.8 Å². The van der Waals surface area contributed by atoms with Crippen molar-refractivity contribution in [1.82, 2.24) is 4.90 Å². The SMILES string of the molecule is CCCCSCC(=O)N1CCC(CCC)(C(=O)O)CC1. The zero-order valence-corrected chi connectivity index (χ0v) is 13.5. The van der Waals surface area contributed by atoms with Gasteiger partial charge in [-0.2, -0.15) is 11.8 Å². The fourth-order valence-corrected chi connectivity index (χ4v) is 3.73. The molecule has 0 aromatic carbocycles. The first-order valence-corrected chi connectivity index (χ1v) is 8.80. The molecule has 1 aliphatic heterocycles. The smallest absolute Gasteiger partial charge is 0.309 e. The zero-order valence-electron chi connectivity index (χ0n) is 12.7. The molecule has 1 rings (SSSR count). The Morgan fingerprint density at radius 2 is 1.85 bits per heavy atom. The highest BCUT2D eigenvalue weighted by molar-refractivity contribution is 7.99. The third-order valence-corrected chi connectivity index (χ3v) is 5.15. The van der Waals surface area contributed by atoms with Crippen LogP contribution in [0.1, 0.15) is 52.4 Å². The third-order valence-electron chi connectivity index (χ3n) is 4.12. The molecule has 1 saturated heterocycles. The summed E-state index contributed by atoms with van der Waals surface area (Å²) in [5.41, 5.74) is -0.596. The molecule has 1 aliphatic rings. The van der Waals surface area contributed by atoms with E-state index in [4.69, 9.17) is 0 Å². The number of nitrogens with zero attached hydrogens (tertiary/aromatic N) is 1. The molecule has 1 amide bonds. The summed E-state index contributed by atoms with van der Waals surface area (Å²) in [5.74, 6) is 1.05. The van der Waals surface area contributed by atoms with Crippen molar-refractivity contribution < 1.29 is 14.7 Å². The number of aliphatic carboxylic acids is 1. The number of carboxylic acids is 1. The van der Waals surface area contributed by atoms with E-state index in [9.17, 15) is 14.7 Å². The van der Waals surface area contributed by atoms with E-state index >= 15 is 0 Å². The van der Waals surface area contributed by atoms with Crippen LogP contribution in [0.4, 0.5) is 0 Å². The maximum Gasteiger partial charge on any atom is 0.309 e. The van der Waals surface area contributed by atoms with Crippen molar-refractivity contribution in [2.24, 2.45) is 5.41 Å². The van der Waals surface area contributed by atoms with Crippen molar-refractivity contribution >= 4 is 23.6 Å². The molecular formula is C15H27NO3S. The Morgan fingerprint density at radius 3 is 2.35 bits per heavy atom. The highest BCUT2D eigenvalue weighted by Gasteiger charge is 2.41. The Hall–Kier alpha value is -0.710. The van der Waals surface area contributed by atoms with E-state index in [1.54, 1.807) is 11.8 Å². The Balaban J connectivity index is 2.40. The van der Waals surface area contributed by atoms with Crippen molar-refractivity contribution in [3.63, 3.8) is 0 Å². The molecule has 0 radical (unpaired) electrons. The highest BCUT2D eigenvalue weighted by atomic mass is 32.2. The minimum Gasteiger partial charge on any atom is -0.481 e. The molecule has 1 heterocycles. The summed E-state index contributed by atoms with van der Waals surface area (Å²) in [5, 5.41) is 9.44. The summed E-state index contributed by atoms with van der Waals surface area (Å²) in [7, 11) is 0. The molecule has 0 saturated carbocycles. The predicted molar refractivity (Wildman–Crippen MR) is 83.0 cm³/mol. The van der Waals surface area contributed by atoms with E-state index in [1.165, 1.54) is 0 Å². The van der Waals surface area contributed by atoms with Crippen LogP contribution in [0, 0.1) is 5.41 Å². The van der Waals surface area contributed by atoms with Gasteiger partial charge >= 0.3 is 5.97 Å². The van der Waals surface area contributed by atoms with Crippen molar-refractivity contribution in [3.05, 3.63) is 0 Å². The second-order valence-corrected chi connectivity index (χ2v) is 6.73. The molecule has 0 unspecified atom stereocenters. The molecule has 0 bridgehead atoms. The Bertz CT molecular complexity index is 325. The third kappa shape index (κ3) is 4.69. The Labute approximate surface area is 126 Å². The fraction of sp³-hybridized carbons (Fsp3) is 0.867. The van der Waals surface area contributed by atoms with Gasteiger partial charge in [-0.05, 0) is 31.4 Å². The standard InChI is InChI=1S/C15H27NO3S/c1-3-5-11-20-12-13(17)16-9-7-15(6-4-2,8-10-16)14(18)19/h3-12H2,1-2H3,(H,18,19). The molecule has 0 atom stereocenters. The maximum absolute atomic E-state index is 12.1. The Kier molecular flexibility index (Phi) is 7.41. The fourth-order valence-electron chi connectivity index (χ4n) is 2.73. The van der Waals surface area contributed by atoms with E-state index in [0.29, 0.717) is 31.7 Å². The lowest BCUT2D eigenvalue weighted by molar-refractivity contribution is -0.154. The minimum atomic E-state index is -0.691. The molecule has 116 valence electrons. The number of hydrogen-bond acceptors (Lipinski definition) is 3. The van der Waals surface area contributed by atoms with E-state index in [1.807, 2.05) is 11.8 Å². The van der Waals surface area contributed by atoms with Crippen molar-refractivity contribution in [3.8, 4) is 0 Å². The molecule has 1 fully saturated rings. The van der Waals surface area contributed by atoms with E-state index in [2.05, 4.69) is 6.92 Å². The van der Waals surface area contributed by atoms with Crippen LogP contribution in [0.25, 0.3) is 0 Å². The molecule has 5 heteroatoms. The van der Waals surface area contributed by atoms with Crippen LogP contribution in [-0.4, -0.2) is 46.5 Å². The number of piperidine rings is 1. The number of thioether (sulfide) groups is 1. The first-order chi connectivity index (χ1) is 9.55. The molecule has 4 nitrogen and oxygen atoms in total. The molecule has 1 N–H and O–H groups in total. The molecule has 0 aromatic rings. The van der Waals surface area contributed by atoms with E-state index in [0.717, 1.165) is 31.4 Å². The summed E-state index contributed by atoms with van der Waals surface area (Å²) in [4.78, 5) is 25.4. The lowest BCUT2D eigenvalue weighted by Crippen LogP contribution is -2.47. The van der Waals surface area contributed by atoms with Crippen LogP contribution in [0.3, 0.4) is 0 Å². The first kappa shape index (κ1) is 17.3. The van der Waals surface area contributed by atoms with E-state index < -0.39 is 11.4 Å². The zero-order chi connectivity index (χ0) is 15.0. The number of carboxylic acid groups (broad SMARTS) is 1. The van der Waals surface area contributed by atoms with Gasteiger partial charge in [0.15, 0.2) is 0 Å². The average molecular weight is 301 g/mol. The van der Waals surface area contributed by atoms with Gasteiger partial charge < -0.3 is 10.0 Å². The van der Waals surface area contributed by atoms with Crippen LogP contribution in [-0.2, 0) is 9.59 Å². The monoisotopic (exact) mass is 301 g/mol. The van der Waals surface area contributed by atoms with Gasteiger partial charge in [0.2, 0.25) is 5.91 Å². The molecule has 0 aliphatic carbocycles. The number of carbonyl (C=O) groups excluding carboxylic acids is 1. The van der Waals surface area contributed by atoms with Gasteiger partial charge in [0.1, 0.15) is 0 Å². The maximum atomic E-state index is 12.1. The van der Waals surface area contributed by atoms with Gasteiger partial charge in [-0.3, -0.25) is 9.59 Å².